The van der Waals surface area contributed by atoms with Crippen LogP contribution in [0.2, 0.25) is 5.02 Å². The number of carbonyl (C=O) groups is 3. The Hall–Kier alpha value is -3.57. The minimum atomic E-state index is -0.825. The van der Waals surface area contributed by atoms with Gasteiger partial charge in [0.25, 0.3) is 11.6 Å². The van der Waals surface area contributed by atoms with Crippen molar-refractivity contribution in [2.75, 3.05) is 13.7 Å². The lowest BCUT2D eigenvalue weighted by molar-refractivity contribution is -0.384. The van der Waals surface area contributed by atoms with E-state index in [1.165, 1.54) is 29.9 Å². The van der Waals surface area contributed by atoms with Crippen LogP contribution in [-0.4, -0.2) is 41.1 Å². The molecule has 0 saturated heterocycles. The number of hydrogen-bond acceptors (Lipinski definition) is 8. The summed E-state index contributed by atoms with van der Waals surface area (Å²) in [4.78, 5) is 51.3. The first kappa shape index (κ1) is 23.1. The average molecular weight is 478 g/mol. The van der Waals surface area contributed by atoms with Gasteiger partial charge < -0.3 is 14.0 Å². The first-order valence-electron chi connectivity index (χ1n) is 9.15. The standard InChI is InChI=1S/C20H16ClN3O7S/c1-3-31-19(27)11-4-7-15-16(8-11)32-20(23(15)10-17(25)30-2)22-18(26)13-9-12(24(28)29)5-6-14(13)21/h4-9H,3,10H2,1-2H3. The summed E-state index contributed by atoms with van der Waals surface area (Å²) in [6.45, 7) is 1.65. The maximum absolute atomic E-state index is 12.8. The smallest absolute Gasteiger partial charge is 0.338 e. The quantitative estimate of drug-likeness (QED) is 0.302. The highest BCUT2D eigenvalue weighted by molar-refractivity contribution is 7.16. The van der Waals surface area contributed by atoms with Gasteiger partial charge in [-0.25, -0.2) is 4.79 Å². The number of nitro benzene ring substituents is 1. The fourth-order valence-corrected chi connectivity index (χ4v) is 4.05. The molecule has 1 heterocycles. The van der Waals surface area contributed by atoms with Crippen molar-refractivity contribution in [3.63, 3.8) is 0 Å². The highest BCUT2D eigenvalue weighted by Gasteiger charge is 2.18. The topological polar surface area (TPSA) is 130 Å². The Morgan fingerprint density at radius 2 is 1.97 bits per heavy atom. The van der Waals surface area contributed by atoms with E-state index in [0.717, 1.165) is 17.4 Å². The molecule has 3 rings (SSSR count). The molecule has 10 nitrogen and oxygen atoms in total. The second-order valence-corrected chi connectivity index (χ2v) is 7.70. The minimum Gasteiger partial charge on any atom is -0.468 e. The molecule has 1 aromatic heterocycles. The molecule has 0 aliphatic carbocycles. The summed E-state index contributed by atoms with van der Waals surface area (Å²) in [6, 6.07) is 8.14. The zero-order valence-corrected chi connectivity index (χ0v) is 18.4. The van der Waals surface area contributed by atoms with E-state index in [-0.39, 0.29) is 34.2 Å². The number of benzene rings is 2. The minimum absolute atomic E-state index is 0.00502. The molecule has 0 aliphatic rings. The number of hydrogen-bond donors (Lipinski definition) is 0. The molecule has 0 saturated carbocycles. The van der Waals surface area contributed by atoms with Crippen molar-refractivity contribution in [3.8, 4) is 0 Å². The molecule has 0 radical (unpaired) electrons. The number of nitro groups is 1. The van der Waals surface area contributed by atoms with Crippen LogP contribution in [-0.2, 0) is 20.8 Å². The zero-order valence-electron chi connectivity index (χ0n) is 16.9. The Morgan fingerprint density at radius 1 is 1.22 bits per heavy atom. The van der Waals surface area contributed by atoms with Gasteiger partial charge in [0, 0.05) is 12.1 Å². The first-order valence-corrected chi connectivity index (χ1v) is 10.3. The van der Waals surface area contributed by atoms with Crippen LogP contribution < -0.4 is 4.80 Å². The van der Waals surface area contributed by atoms with E-state index in [4.69, 9.17) is 21.1 Å². The SMILES string of the molecule is CCOC(=O)c1ccc2c(c1)sc(=NC(=O)c1cc([N+](=O)[O-])ccc1Cl)n2CC(=O)OC. The monoisotopic (exact) mass is 477 g/mol. The summed E-state index contributed by atoms with van der Waals surface area (Å²) in [7, 11) is 1.22. The van der Waals surface area contributed by atoms with Crippen LogP contribution in [0, 0.1) is 10.1 Å². The molecular weight excluding hydrogens is 462 g/mol. The Bertz CT molecular complexity index is 1310. The van der Waals surface area contributed by atoms with E-state index in [0.29, 0.717) is 15.8 Å². The first-order chi connectivity index (χ1) is 15.2. The molecule has 0 fully saturated rings. The van der Waals surface area contributed by atoms with Gasteiger partial charge in [0.15, 0.2) is 4.80 Å². The van der Waals surface area contributed by atoms with Gasteiger partial charge >= 0.3 is 11.9 Å². The van der Waals surface area contributed by atoms with E-state index in [1.807, 2.05) is 0 Å². The number of esters is 2. The second-order valence-electron chi connectivity index (χ2n) is 6.29. The van der Waals surface area contributed by atoms with Crippen LogP contribution in [0.15, 0.2) is 41.4 Å². The Balaban J connectivity index is 2.16. The number of rotatable bonds is 6. The largest absolute Gasteiger partial charge is 0.468 e. The van der Waals surface area contributed by atoms with Gasteiger partial charge in [0.1, 0.15) is 6.54 Å². The van der Waals surface area contributed by atoms with Crippen molar-refractivity contribution in [1.29, 1.82) is 0 Å². The number of halogens is 1. The van der Waals surface area contributed by atoms with Gasteiger partial charge in [-0.3, -0.25) is 19.7 Å². The van der Waals surface area contributed by atoms with Gasteiger partial charge in [0.05, 0.1) is 45.0 Å². The number of aromatic nitrogens is 1. The third-order valence-corrected chi connectivity index (χ3v) is 5.67. The molecule has 0 spiro atoms. The molecule has 0 aliphatic heterocycles. The van der Waals surface area contributed by atoms with Gasteiger partial charge in [-0.05, 0) is 31.2 Å². The van der Waals surface area contributed by atoms with E-state index in [2.05, 4.69) is 4.99 Å². The van der Waals surface area contributed by atoms with Crippen molar-refractivity contribution in [2.24, 2.45) is 4.99 Å². The number of carbonyl (C=O) groups excluding carboxylic acids is 3. The molecule has 0 atom stereocenters. The van der Waals surface area contributed by atoms with E-state index >= 15 is 0 Å². The van der Waals surface area contributed by atoms with Crippen molar-refractivity contribution in [1.82, 2.24) is 4.57 Å². The van der Waals surface area contributed by atoms with E-state index < -0.39 is 22.8 Å². The third-order valence-electron chi connectivity index (χ3n) is 4.30. The predicted molar refractivity (Wildman–Crippen MR) is 116 cm³/mol. The molecule has 3 aromatic rings. The summed E-state index contributed by atoms with van der Waals surface area (Å²) in [5.41, 5.74) is 0.358. The molecule has 0 bridgehead atoms. The van der Waals surface area contributed by atoms with E-state index in [9.17, 15) is 24.5 Å². The highest BCUT2D eigenvalue weighted by atomic mass is 35.5. The predicted octanol–water partition coefficient (Wildman–Crippen LogP) is 3.36. The molecule has 1 amide bonds. The number of amides is 1. The van der Waals surface area contributed by atoms with Crippen LogP contribution >= 0.6 is 22.9 Å². The Morgan fingerprint density at radius 3 is 2.62 bits per heavy atom. The van der Waals surface area contributed by atoms with Crippen LogP contribution in [0.1, 0.15) is 27.6 Å². The lowest BCUT2D eigenvalue weighted by atomic mass is 10.2. The lowest BCUT2D eigenvalue weighted by Crippen LogP contribution is -2.22. The van der Waals surface area contributed by atoms with Crippen molar-refractivity contribution < 1.29 is 28.8 Å². The Kier molecular flexibility index (Phi) is 7.01. The summed E-state index contributed by atoms with van der Waals surface area (Å²) in [6.07, 6.45) is 0. The van der Waals surface area contributed by atoms with Gasteiger partial charge in [-0.15, -0.1) is 0 Å². The zero-order chi connectivity index (χ0) is 23.4. The van der Waals surface area contributed by atoms with Crippen molar-refractivity contribution >= 4 is 56.7 Å². The number of nitrogens with zero attached hydrogens (tertiary/aromatic N) is 3. The molecule has 0 unspecified atom stereocenters. The van der Waals surface area contributed by atoms with Gasteiger partial charge in [-0.1, -0.05) is 22.9 Å². The summed E-state index contributed by atoms with van der Waals surface area (Å²) < 4.78 is 11.7. The van der Waals surface area contributed by atoms with Gasteiger partial charge in [0.2, 0.25) is 0 Å². The number of methoxy groups -OCH3 is 1. The fraction of sp³-hybridized carbons (Fsp3) is 0.200. The number of fused-ring (bicyclic) bond motifs is 1. The van der Waals surface area contributed by atoms with E-state index in [1.54, 1.807) is 19.1 Å². The maximum atomic E-state index is 12.8. The molecule has 166 valence electrons. The van der Waals surface area contributed by atoms with Crippen LogP contribution in [0.5, 0.6) is 0 Å². The normalized spacial score (nSPS) is 11.4. The maximum Gasteiger partial charge on any atom is 0.338 e. The van der Waals surface area contributed by atoms with Crippen LogP contribution in [0.4, 0.5) is 5.69 Å². The average Bonchev–Trinajstić information content (AvgIpc) is 3.09. The summed E-state index contributed by atoms with van der Waals surface area (Å²) in [5.74, 6) is -1.92. The van der Waals surface area contributed by atoms with Crippen molar-refractivity contribution in [2.45, 2.75) is 13.5 Å². The number of ether oxygens (including phenoxy) is 2. The Labute approximate surface area is 189 Å². The summed E-state index contributed by atoms with van der Waals surface area (Å²) >= 11 is 7.09. The molecule has 32 heavy (non-hydrogen) atoms. The molecule has 12 heteroatoms. The highest BCUT2D eigenvalue weighted by Crippen LogP contribution is 2.24. The second kappa shape index (κ2) is 9.71. The number of non-ortho nitro benzene ring substituents is 1. The third kappa shape index (κ3) is 4.84. The van der Waals surface area contributed by atoms with Gasteiger partial charge in [-0.2, -0.15) is 4.99 Å². The van der Waals surface area contributed by atoms with Crippen LogP contribution in [0.3, 0.4) is 0 Å². The lowest BCUT2D eigenvalue weighted by Gasteiger charge is -2.05. The summed E-state index contributed by atoms with van der Waals surface area (Å²) in [5, 5.41) is 11.0. The van der Waals surface area contributed by atoms with Crippen LogP contribution in [0.25, 0.3) is 10.2 Å². The molecular formula is C20H16ClN3O7S. The fourth-order valence-electron chi connectivity index (χ4n) is 2.78. The molecule has 2 aromatic carbocycles. The number of thiazole rings is 1. The van der Waals surface area contributed by atoms with Crippen molar-refractivity contribution in [3.05, 3.63) is 67.5 Å². The molecule has 0 N–H and O–H groups in total.